The quantitative estimate of drug-likeness (QED) is 0.788. The van der Waals surface area contributed by atoms with Crippen LogP contribution in [0.3, 0.4) is 0 Å². The van der Waals surface area contributed by atoms with Crippen LogP contribution in [0, 0.1) is 5.92 Å². The third kappa shape index (κ3) is 3.06. The van der Waals surface area contributed by atoms with Crippen LogP contribution in [0.25, 0.3) is 0 Å². The van der Waals surface area contributed by atoms with Gasteiger partial charge in [0.05, 0.1) is 12.0 Å². The maximum Gasteiger partial charge on any atom is 0.268 e. The number of carbonyl (C=O) groups excluding carboxylic acids is 1. The zero-order chi connectivity index (χ0) is 15.6. The molecule has 0 aromatic heterocycles. The molecule has 1 aliphatic heterocycles. The number of amides is 1. The SMILES string of the molecule is CONC(=O)[C@@H](N=C1NS(=O)(=O)c2ccccc21)C(C)C. The zero-order valence-electron chi connectivity index (χ0n) is 12.0. The standard InChI is InChI=1S/C13H17N3O4S/c1-8(2)11(13(17)15-20-3)14-12-9-6-4-5-7-10(9)21(18,19)16-12/h4-8,11H,1-3H3,(H,14,16)(H,15,17)/t11-/m0/s1. The van der Waals surface area contributed by atoms with Crippen molar-refractivity contribution in [3.05, 3.63) is 29.8 Å². The fraction of sp³-hybridized carbons (Fsp3) is 0.385. The highest BCUT2D eigenvalue weighted by Crippen LogP contribution is 2.23. The maximum atomic E-state index is 12.0. The highest BCUT2D eigenvalue weighted by atomic mass is 32.2. The summed E-state index contributed by atoms with van der Waals surface area (Å²) in [7, 11) is -2.28. The predicted molar refractivity (Wildman–Crippen MR) is 77.1 cm³/mol. The predicted octanol–water partition coefficient (Wildman–Crippen LogP) is 0.427. The first-order valence-electron chi connectivity index (χ1n) is 6.39. The van der Waals surface area contributed by atoms with Crippen LogP contribution in [0.2, 0.25) is 0 Å². The van der Waals surface area contributed by atoms with Crippen molar-refractivity contribution in [3.8, 4) is 0 Å². The Bertz CT molecular complexity index is 682. The molecule has 1 aromatic rings. The van der Waals surface area contributed by atoms with Gasteiger partial charge in [0.25, 0.3) is 15.9 Å². The highest BCUT2D eigenvalue weighted by molar-refractivity contribution is 7.90. The average molecular weight is 311 g/mol. The number of aliphatic imine (C=N–C) groups is 1. The van der Waals surface area contributed by atoms with E-state index in [-0.39, 0.29) is 16.6 Å². The van der Waals surface area contributed by atoms with Crippen LogP contribution in [0.15, 0.2) is 34.2 Å². The van der Waals surface area contributed by atoms with Crippen molar-refractivity contribution in [1.82, 2.24) is 10.2 Å². The van der Waals surface area contributed by atoms with E-state index in [9.17, 15) is 13.2 Å². The van der Waals surface area contributed by atoms with E-state index >= 15 is 0 Å². The molecule has 2 rings (SSSR count). The number of nitrogens with zero attached hydrogens (tertiary/aromatic N) is 1. The van der Waals surface area contributed by atoms with Crippen molar-refractivity contribution >= 4 is 21.8 Å². The lowest BCUT2D eigenvalue weighted by molar-refractivity contribution is -0.133. The molecular weight excluding hydrogens is 294 g/mol. The van der Waals surface area contributed by atoms with Crippen LogP contribution in [0.1, 0.15) is 19.4 Å². The molecule has 7 nitrogen and oxygen atoms in total. The Kier molecular flexibility index (Phi) is 4.29. The summed E-state index contributed by atoms with van der Waals surface area (Å²) in [4.78, 5) is 21.0. The van der Waals surface area contributed by atoms with E-state index < -0.39 is 22.0 Å². The van der Waals surface area contributed by atoms with Gasteiger partial charge in [-0.15, -0.1) is 0 Å². The normalized spacial score (nSPS) is 19.1. The summed E-state index contributed by atoms with van der Waals surface area (Å²) in [6, 6.07) is 5.75. The first-order chi connectivity index (χ1) is 9.86. The molecular formula is C13H17N3O4S. The molecule has 0 unspecified atom stereocenters. The first-order valence-corrected chi connectivity index (χ1v) is 7.88. The topological polar surface area (TPSA) is 96.9 Å². The molecule has 114 valence electrons. The Morgan fingerprint density at radius 1 is 1.33 bits per heavy atom. The Balaban J connectivity index is 2.44. The molecule has 1 amide bonds. The van der Waals surface area contributed by atoms with Gasteiger partial charge in [-0.25, -0.2) is 13.9 Å². The molecule has 0 saturated carbocycles. The second-order valence-electron chi connectivity index (χ2n) is 4.94. The third-order valence-electron chi connectivity index (χ3n) is 3.03. The fourth-order valence-corrected chi connectivity index (χ4v) is 3.28. The number of hydrogen-bond acceptors (Lipinski definition) is 5. The van der Waals surface area contributed by atoms with Crippen molar-refractivity contribution in [3.63, 3.8) is 0 Å². The lowest BCUT2D eigenvalue weighted by atomic mass is 10.0. The number of rotatable bonds is 4. The lowest BCUT2D eigenvalue weighted by Crippen LogP contribution is -2.38. The van der Waals surface area contributed by atoms with Gasteiger partial charge in [0.1, 0.15) is 11.9 Å². The summed E-state index contributed by atoms with van der Waals surface area (Å²) in [5.41, 5.74) is 2.69. The van der Waals surface area contributed by atoms with Crippen molar-refractivity contribution < 1.29 is 18.0 Å². The molecule has 0 radical (unpaired) electrons. The van der Waals surface area contributed by atoms with Gasteiger partial charge >= 0.3 is 0 Å². The molecule has 0 spiro atoms. The fourth-order valence-electron chi connectivity index (χ4n) is 2.04. The minimum Gasteiger partial charge on any atom is -0.277 e. The van der Waals surface area contributed by atoms with Gasteiger partial charge in [-0.05, 0) is 18.1 Å². The second-order valence-corrected chi connectivity index (χ2v) is 6.59. The number of fused-ring (bicyclic) bond motifs is 1. The van der Waals surface area contributed by atoms with E-state index in [0.717, 1.165) is 0 Å². The smallest absolute Gasteiger partial charge is 0.268 e. The Hall–Kier alpha value is -1.93. The van der Waals surface area contributed by atoms with Gasteiger partial charge in [-0.2, -0.15) is 0 Å². The number of nitrogens with one attached hydrogen (secondary N) is 2. The second kappa shape index (κ2) is 5.82. The minimum absolute atomic E-state index is 0.120. The van der Waals surface area contributed by atoms with Crippen LogP contribution in [0.4, 0.5) is 0 Å². The van der Waals surface area contributed by atoms with Crippen LogP contribution < -0.4 is 10.2 Å². The summed E-state index contributed by atoms with van der Waals surface area (Å²) in [5.74, 6) is -0.371. The summed E-state index contributed by atoms with van der Waals surface area (Å²) in [6.45, 7) is 3.64. The molecule has 21 heavy (non-hydrogen) atoms. The number of amidine groups is 1. The summed E-state index contributed by atoms with van der Waals surface area (Å²) >= 11 is 0. The molecule has 1 aliphatic rings. The van der Waals surface area contributed by atoms with Crippen molar-refractivity contribution in [2.75, 3.05) is 7.11 Å². The molecule has 0 aliphatic carbocycles. The molecule has 1 heterocycles. The highest BCUT2D eigenvalue weighted by Gasteiger charge is 2.32. The number of benzene rings is 1. The molecule has 8 heteroatoms. The molecule has 1 aromatic carbocycles. The number of carbonyl (C=O) groups is 1. The Morgan fingerprint density at radius 2 is 2.00 bits per heavy atom. The first kappa shape index (κ1) is 15.5. The Morgan fingerprint density at radius 3 is 2.62 bits per heavy atom. The van der Waals surface area contributed by atoms with Gasteiger partial charge in [0, 0.05) is 5.56 Å². The van der Waals surface area contributed by atoms with Crippen LogP contribution in [-0.4, -0.2) is 33.3 Å². The lowest BCUT2D eigenvalue weighted by Gasteiger charge is -2.16. The van der Waals surface area contributed by atoms with Gasteiger partial charge in [0.15, 0.2) is 0 Å². The van der Waals surface area contributed by atoms with Crippen LogP contribution >= 0.6 is 0 Å². The average Bonchev–Trinajstić information content (AvgIpc) is 2.68. The Labute approximate surface area is 123 Å². The maximum absolute atomic E-state index is 12.0. The molecule has 2 N–H and O–H groups in total. The van der Waals surface area contributed by atoms with Gasteiger partial charge in [-0.1, -0.05) is 26.0 Å². The van der Waals surface area contributed by atoms with E-state index in [2.05, 4.69) is 20.0 Å². The van der Waals surface area contributed by atoms with Gasteiger partial charge < -0.3 is 0 Å². The monoisotopic (exact) mass is 311 g/mol. The van der Waals surface area contributed by atoms with Crippen molar-refractivity contribution in [1.29, 1.82) is 0 Å². The van der Waals surface area contributed by atoms with Crippen molar-refractivity contribution in [2.45, 2.75) is 24.8 Å². The van der Waals surface area contributed by atoms with E-state index in [4.69, 9.17) is 0 Å². The minimum atomic E-state index is -3.61. The molecule has 0 saturated heterocycles. The summed E-state index contributed by atoms with van der Waals surface area (Å²) < 4.78 is 26.4. The largest absolute Gasteiger partial charge is 0.277 e. The van der Waals surface area contributed by atoms with E-state index in [0.29, 0.717) is 5.56 Å². The number of sulfonamides is 1. The van der Waals surface area contributed by atoms with Crippen LogP contribution in [-0.2, 0) is 19.7 Å². The number of hydrogen-bond donors (Lipinski definition) is 2. The van der Waals surface area contributed by atoms with E-state index in [1.165, 1.54) is 13.2 Å². The molecule has 0 bridgehead atoms. The molecule has 1 atom stereocenters. The molecule has 0 fully saturated rings. The van der Waals surface area contributed by atoms with Gasteiger partial charge in [-0.3, -0.25) is 19.3 Å². The summed E-state index contributed by atoms with van der Waals surface area (Å²) in [5, 5.41) is 0. The summed E-state index contributed by atoms with van der Waals surface area (Å²) in [6.07, 6.45) is 0. The van der Waals surface area contributed by atoms with E-state index in [1.54, 1.807) is 18.2 Å². The number of hydroxylamine groups is 1. The van der Waals surface area contributed by atoms with Crippen LogP contribution in [0.5, 0.6) is 0 Å². The van der Waals surface area contributed by atoms with E-state index in [1.807, 2.05) is 13.8 Å². The third-order valence-corrected chi connectivity index (χ3v) is 4.43. The van der Waals surface area contributed by atoms with Crippen molar-refractivity contribution in [2.24, 2.45) is 10.9 Å². The van der Waals surface area contributed by atoms with Gasteiger partial charge in [0.2, 0.25) is 0 Å². The zero-order valence-corrected chi connectivity index (χ0v) is 12.8.